The van der Waals surface area contributed by atoms with Crippen molar-refractivity contribution in [2.45, 2.75) is 39.2 Å². The van der Waals surface area contributed by atoms with Crippen molar-refractivity contribution in [2.75, 3.05) is 19.6 Å². The van der Waals surface area contributed by atoms with Gasteiger partial charge in [-0.05, 0) is 80.7 Å². The third-order valence-corrected chi connectivity index (χ3v) is 5.74. The van der Waals surface area contributed by atoms with Gasteiger partial charge in [0.2, 0.25) is 0 Å². The Balaban J connectivity index is 0.000000914. The Morgan fingerprint density at radius 2 is 1.78 bits per heavy atom. The molecule has 3 aromatic rings. The van der Waals surface area contributed by atoms with E-state index >= 15 is 0 Å². The van der Waals surface area contributed by atoms with Crippen molar-refractivity contribution in [1.82, 2.24) is 18.9 Å². The second-order valence-electron chi connectivity index (χ2n) is 8.13. The Bertz CT molecular complexity index is 1140. The van der Waals surface area contributed by atoms with Gasteiger partial charge in [-0.1, -0.05) is 31.7 Å². The summed E-state index contributed by atoms with van der Waals surface area (Å²) in [5, 5.41) is 0. The second-order valence-corrected chi connectivity index (χ2v) is 8.13. The molecular weight excluding hydrogens is 396 g/mol. The normalized spacial score (nSPS) is 13.9. The summed E-state index contributed by atoms with van der Waals surface area (Å²) >= 11 is 0. The molecule has 1 aliphatic heterocycles. The van der Waals surface area contributed by atoms with Gasteiger partial charge in [0.05, 0.1) is 11.9 Å². The number of likely N-dealkylation sites (tertiary alicyclic amines) is 1. The highest BCUT2D eigenvalue weighted by Gasteiger charge is 2.10. The lowest BCUT2D eigenvalue weighted by Crippen LogP contribution is -2.31. The molecule has 4 rings (SSSR count). The Hall–Kier alpha value is -3.18. The van der Waals surface area contributed by atoms with Crippen LogP contribution in [0.2, 0.25) is 0 Å². The Morgan fingerprint density at radius 3 is 2.47 bits per heavy atom. The highest BCUT2D eigenvalue weighted by atomic mass is 16.1. The predicted molar refractivity (Wildman–Crippen MR) is 137 cm³/mol. The van der Waals surface area contributed by atoms with Crippen molar-refractivity contribution in [3.8, 4) is 11.1 Å². The molecule has 5 heteroatoms. The standard InChI is InChI=1S/C24H28N4O.C3H6.H2/c1-3-19(2)22-18-25-23-16-20(9-15-28(22)23)21-8-14-27(24(29)17-21)13-7-12-26-10-5-4-6-11-26;1-3-2;/h3,8-9,14-18H,1-2,4-7,10-13H2;3H,1H2,2H3;1H. The van der Waals surface area contributed by atoms with E-state index < -0.39 is 0 Å². The molecule has 32 heavy (non-hydrogen) atoms. The molecule has 0 spiro atoms. The number of allylic oxidation sites excluding steroid dienone is 3. The highest BCUT2D eigenvalue weighted by Crippen LogP contribution is 2.22. The molecule has 0 N–H and O–H groups in total. The summed E-state index contributed by atoms with van der Waals surface area (Å²) in [6.45, 7) is 17.3. The lowest BCUT2D eigenvalue weighted by atomic mass is 10.1. The Morgan fingerprint density at radius 1 is 1.09 bits per heavy atom. The molecule has 1 fully saturated rings. The minimum Gasteiger partial charge on any atom is -0.315 e. The van der Waals surface area contributed by atoms with E-state index in [0.29, 0.717) is 0 Å². The van der Waals surface area contributed by atoms with Gasteiger partial charge in [0, 0.05) is 26.4 Å². The van der Waals surface area contributed by atoms with Crippen LogP contribution >= 0.6 is 0 Å². The zero-order valence-corrected chi connectivity index (χ0v) is 19.2. The zero-order chi connectivity index (χ0) is 22.9. The van der Waals surface area contributed by atoms with E-state index in [2.05, 4.69) is 29.6 Å². The highest BCUT2D eigenvalue weighted by molar-refractivity contribution is 5.73. The monoisotopic (exact) mass is 432 g/mol. The molecule has 5 nitrogen and oxygen atoms in total. The molecule has 0 atom stereocenters. The van der Waals surface area contributed by atoms with E-state index in [-0.39, 0.29) is 6.99 Å². The van der Waals surface area contributed by atoms with Gasteiger partial charge in [-0.2, -0.15) is 0 Å². The van der Waals surface area contributed by atoms with Crippen molar-refractivity contribution in [1.29, 1.82) is 0 Å². The first-order valence-corrected chi connectivity index (χ1v) is 11.4. The molecule has 3 aromatic heterocycles. The minimum atomic E-state index is 0. The van der Waals surface area contributed by atoms with Crippen LogP contribution in [0.3, 0.4) is 0 Å². The van der Waals surface area contributed by atoms with Crippen LogP contribution in [-0.2, 0) is 6.54 Å². The summed E-state index contributed by atoms with van der Waals surface area (Å²) in [7, 11) is 0. The van der Waals surface area contributed by atoms with Gasteiger partial charge < -0.3 is 9.47 Å². The molecule has 4 heterocycles. The molecule has 0 saturated carbocycles. The van der Waals surface area contributed by atoms with E-state index in [9.17, 15) is 4.79 Å². The van der Waals surface area contributed by atoms with Crippen molar-refractivity contribution in [3.05, 3.63) is 90.8 Å². The number of aryl methyl sites for hydroxylation is 1. The van der Waals surface area contributed by atoms with Crippen molar-refractivity contribution in [2.24, 2.45) is 0 Å². The lowest BCUT2D eigenvalue weighted by Gasteiger charge is -2.26. The van der Waals surface area contributed by atoms with E-state index in [1.54, 1.807) is 24.4 Å². The number of aromatic nitrogens is 3. The van der Waals surface area contributed by atoms with Gasteiger partial charge in [0.15, 0.2) is 0 Å². The molecule has 1 saturated heterocycles. The van der Waals surface area contributed by atoms with Crippen molar-refractivity contribution < 1.29 is 1.43 Å². The van der Waals surface area contributed by atoms with Gasteiger partial charge in [0.25, 0.3) is 5.56 Å². The average Bonchev–Trinajstić information content (AvgIpc) is 3.24. The molecule has 0 amide bonds. The minimum absolute atomic E-state index is 0. The number of imidazole rings is 1. The maximum Gasteiger partial charge on any atom is 0.251 e. The number of fused-ring (bicyclic) bond motifs is 1. The topological polar surface area (TPSA) is 42.5 Å². The van der Waals surface area contributed by atoms with Crippen LogP contribution < -0.4 is 5.56 Å². The molecule has 0 unspecified atom stereocenters. The Kier molecular flexibility index (Phi) is 8.40. The first kappa shape index (κ1) is 23.5. The van der Waals surface area contributed by atoms with Crippen LogP contribution in [-0.4, -0.2) is 38.5 Å². The second kappa shape index (κ2) is 11.4. The smallest absolute Gasteiger partial charge is 0.251 e. The zero-order valence-electron chi connectivity index (χ0n) is 19.2. The molecule has 0 bridgehead atoms. The fourth-order valence-electron chi connectivity index (χ4n) is 4.02. The summed E-state index contributed by atoms with van der Waals surface area (Å²) in [6.07, 6.45) is 14.1. The SMILES string of the molecule is C=CC.C=CC(=C)c1cnc2cc(-c3ccn(CCCN4CCCCC4)c(=O)c3)ccn12.[HH]. The van der Waals surface area contributed by atoms with Gasteiger partial charge >= 0.3 is 0 Å². The van der Waals surface area contributed by atoms with Crippen LogP contribution in [0.15, 0.2) is 79.5 Å². The molecular formula is C27H36N4O. The fraction of sp³-hybridized carbons (Fsp3) is 0.333. The summed E-state index contributed by atoms with van der Waals surface area (Å²) in [5.74, 6) is 0. The molecule has 1 aliphatic rings. The molecule has 170 valence electrons. The number of rotatable bonds is 7. The predicted octanol–water partition coefficient (Wildman–Crippen LogP) is 5.68. The van der Waals surface area contributed by atoms with E-state index in [4.69, 9.17) is 0 Å². The van der Waals surface area contributed by atoms with Gasteiger partial charge in [0.1, 0.15) is 5.65 Å². The van der Waals surface area contributed by atoms with E-state index in [1.807, 2.05) is 46.5 Å². The third kappa shape index (κ3) is 5.74. The van der Waals surface area contributed by atoms with Crippen LogP contribution in [0.4, 0.5) is 0 Å². The first-order chi connectivity index (χ1) is 15.6. The number of pyridine rings is 2. The summed E-state index contributed by atoms with van der Waals surface area (Å²) in [6, 6.07) is 7.74. The van der Waals surface area contributed by atoms with Gasteiger partial charge in [-0.25, -0.2) is 4.98 Å². The van der Waals surface area contributed by atoms with Crippen LogP contribution in [0.1, 0.15) is 39.7 Å². The van der Waals surface area contributed by atoms with E-state index in [0.717, 1.165) is 47.6 Å². The van der Waals surface area contributed by atoms with Gasteiger partial charge in [-0.3, -0.25) is 9.20 Å². The summed E-state index contributed by atoms with van der Waals surface area (Å²) in [5.41, 5.74) is 4.52. The summed E-state index contributed by atoms with van der Waals surface area (Å²) in [4.78, 5) is 19.6. The molecule has 0 aliphatic carbocycles. The van der Waals surface area contributed by atoms with Gasteiger partial charge in [-0.15, -0.1) is 6.58 Å². The largest absolute Gasteiger partial charge is 0.315 e. The van der Waals surface area contributed by atoms with Crippen LogP contribution in [0.25, 0.3) is 22.3 Å². The third-order valence-electron chi connectivity index (χ3n) is 5.74. The maximum absolute atomic E-state index is 12.6. The molecule has 0 radical (unpaired) electrons. The lowest BCUT2D eigenvalue weighted by molar-refractivity contribution is 0.222. The fourth-order valence-corrected chi connectivity index (χ4v) is 4.02. The number of hydrogen-bond donors (Lipinski definition) is 0. The Labute approximate surface area is 192 Å². The average molecular weight is 433 g/mol. The quantitative estimate of drug-likeness (QED) is 0.356. The number of hydrogen-bond acceptors (Lipinski definition) is 3. The number of piperidine rings is 1. The first-order valence-electron chi connectivity index (χ1n) is 11.4. The van der Waals surface area contributed by atoms with Crippen LogP contribution in [0, 0.1) is 0 Å². The van der Waals surface area contributed by atoms with Crippen molar-refractivity contribution >= 4 is 11.2 Å². The van der Waals surface area contributed by atoms with Crippen molar-refractivity contribution in [3.63, 3.8) is 0 Å². The summed E-state index contributed by atoms with van der Waals surface area (Å²) < 4.78 is 3.79. The maximum atomic E-state index is 12.6. The number of nitrogens with zero attached hydrogens (tertiary/aromatic N) is 4. The van der Waals surface area contributed by atoms with Crippen LogP contribution in [0.5, 0.6) is 0 Å². The van der Waals surface area contributed by atoms with E-state index in [1.165, 1.54) is 32.4 Å². The molecule has 0 aromatic carbocycles.